The van der Waals surface area contributed by atoms with Crippen molar-refractivity contribution in [1.29, 1.82) is 0 Å². The highest BCUT2D eigenvalue weighted by atomic mass is 127. The molecule has 126 valence electrons. The number of hydrogen-bond acceptors (Lipinski definition) is 4. The Bertz CT molecular complexity index is 842. The van der Waals surface area contributed by atoms with Gasteiger partial charge in [-0.25, -0.2) is 13.6 Å². The number of benzene rings is 2. The summed E-state index contributed by atoms with van der Waals surface area (Å²) in [4.78, 5) is 21.4. The maximum atomic E-state index is 14.3. The molecular formula is C15H9F3INO4. The number of nitrogens with zero attached hydrogens (tertiary/aromatic N) is 1. The van der Waals surface area contributed by atoms with Crippen LogP contribution in [0.3, 0.4) is 0 Å². The first-order chi connectivity index (χ1) is 11.3. The number of ether oxygens (including phenoxy) is 1. The van der Waals surface area contributed by atoms with E-state index in [1.165, 1.54) is 12.1 Å². The molecule has 0 saturated heterocycles. The minimum atomic E-state index is -1.71. The van der Waals surface area contributed by atoms with E-state index < -0.39 is 51.6 Å². The fourth-order valence-electron chi connectivity index (χ4n) is 2.10. The Kier molecular flexibility index (Phi) is 5.42. The van der Waals surface area contributed by atoms with Gasteiger partial charge in [-0.05, 0) is 40.3 Å². The van der Waals surface area contributed by atoms with E-state index in [4.69, 9.17) is 0 Å². The zero-order valence-corrected chi connectivity index (χ0v) is 14.3. The lowest BCUT2D eigenvalue weighted by Crippen LogP contribution is -2.12. The summed E-state index contributed by atoms with van der Waals surface area (Å²) in [6, 6.07) is 4.69. The van der Waals surface area contributed by atoms with Crippen molar-refractivity contribution in [3.8, 4) is 0 Å². The van der Waals surface area contributed by atoms with Gasteiger partial charge in [0.25, 0.3) is 0 Å². The summed E-state index contributed by atoms with van der Waals surface area (Å²) in [5.74, 6) is -5.05. The fraction of sp³-hybridized carbons (Fsp3) is 0.133. The number of nitro benzene ring substituents is 1. The van der Waals surface area contributed by atoms with Crippen molar-refractivity contribution in [2.45, 2.75) is 6.42 Å². The van der Waals surface area contributed by atoms with Crippen LogP contribution < -0.4 is 0 Å². The van der Waals surface area contributed by atoms with E-state index in [2.05, 4.69) is 4.74 Å². The Morgan fingerprint density at radius 3 is 2.46 bits per heavy atom. The highest BCUT2D eigenvalue weighted by Gasteiger charge is 2.29. The van der Waals surface area contributed by atoms with Gasteiger partial charge in [-0.3, -0.25) is 10.1 Å². The lowest BCUT2D eigenvalue weighted by atomic mass is 9.97. The Balaban J connectivity index is 2.65. The number of hydrogen-bond donors (Lipinski definition) is 0. The zero-order valence-electron chi connectivity index (χ0n) is 12.1. The van der Waals surface area contributed by atoms with Crippen LogP contribution in [0.4, 0.5) is 18.9 Å². The Morgan fingerprint density at radius 1 is 1.25 bits per heavy atom. The van der Waals surface area contributed by atoms with E-state index in [1.54, 1.807) is 6.07 Å². The molecule has 0 heterocycles. The third kappa shape index (κ3) is 3.50. The zero-order chi connectivity index (χ0) is 18.0. The molecule has 9 heteroatoms. The molecule has 0 amide bonds. The summed E-state index contributed by atoms with van der Waals surface area (Å²) in [6.45, 7) is 0. The van der Waals surface area contributed by atoms with E-state index in [0.29, 0.717) is 9.64 Å². The van der Waals surface area contributed by atoms with E-state index in [-0.39, 0.29) is 5.56 Å². The fourth-order valence-corrected chi connectivity index (χ4v) is 2.56. The summed E-state index contributed by atoms with van der Waals surface area (Å²) in [5, 5.41) is 10.8. The molecule has 0 N–H and O–H groups in total. The van der Waals surface area contributed by atoms with Crippen molar-refractivity contribution in [2.75, 3.05) is 7.11 Å². The highest BCUT2D eigenvalue weighted by Crippen LogP contribution is 2.29. The van der Waals surface area contributed by atoms with E-state index >= 15 is 0 Å². The maximum Gasteiger partial charge on any atom is 0.338 e. The molecule has 0 saturated carbocycles. The minimum Gasteiger partial charge on any atom is -0.465 e. The van der Waals surface area contributed by atoms with Gasteiger partial charge in [-0.15, -0.1) is 0 Å². The number of carbonyl (C=O) groups is 1. The summed E-state index contributed by atoms with van der Waals surface area (Å²) in [6.07, 6.45) is -0.464. The van der Waals surface area contributed by atoms with Gasteiger partial charge in [-0.2, -0.15) is 4.39 Å². The summed E-state index contributed by atoms with van der Waals surface area (Å²) in [7, 11) is 0.991. The molecule has 0 fully saturated rings. The molecule has 0 aromatic heterocycles. The molecule has 0 aliphatic heterocycles. The van der Waals surface area contributed by atoms with Crippen molar-refractivity contribution in [3.63, 3.8) is 0 Å². The van der Waals surface area contributed by atoms with Crippen molar-refractivity contribution in [2.24, 2.45) is 0 Å². The highest BCUT2D eigenvalue weighted by molar-refractivity contribution is 14.1. The molecule has 0 atom stereocenters. The number of halogens is 4. The first-order valence-electron chi connectivity index (χ1n) is 6.43. The van der Waals surface area contributed by atoms with Crippen LogP contribution in [0.2, 0.25) is 0 Å². The standard InChI is InChI=1S/C15H9F3INO4/c1-24-15(21)10-6-12(20(22)23)14(18)13(17)9(10)4-7-2-3-8(19)5-11(7)16/h2-3,5-6H,4H2,1H3. The molecule has 2 aromatic rings. The van der Waals surface area contributed by atoms with Gasteiger partial charge in [0.1, 0.15) is 5.82 Å². The minimum absolute atomic E-state index is 0.00715. The largest absolute Gasteiger partial charge is 0.465 e. The van der Waals surface area contributed by atoms with Crippen molar-refractivity contribution in [1.82, 2.24) is 0 Å². The van der Waals surface area contributed by atoms with Crippen LogP contribution in [0, 0.1) is 31.1 Å². The molecule has 0 radical (unpaired) electrons. The second kappa shape index (κ2) is 7.16. The molecule has 5 nitrogen and oxygen atoms in total. The van der Waals surface area contributed by atoms with Gasteiger partial charge >= 0.3 is 11.7 Å². The Hall–Kier alpha value is -2.17. The van der Waals surface area contributed by atoms with Gasteiger partial charge in [-0.1, -0.05) is 6.07 Å². The number of methoxy groups -OCH3 is 1. The van der Waals surface area contributed by atoms with Crippen molar-refractivity contribution < 1.29 is 27.6 Å². The quantitative estimate of drug-likeness (QED) is 0.305. The van der Waals surface area contributed by atoms with Gasteiger partial charge in [0.05, 0.1) is 17.6 Å². The lowest BCUT2D eigenvalue weighted by molar-refractivity contribution is -0.387. The second-order valence-corrected chi connectivity index (χ2v) is 5.96. The normalized spacial score (nSPS) is 10.5. The van der Waals surface area contributed by atoms with E-state index in [0.717, 1.165) is 7.11 Å². The second-order valence-electron chi connectivity index (χ2n) is 4.71. The number of nitro groups is 1. The summed E-state index contributed by atoms with van der Waals surface area (Å²) >= 11 is 1.88. The van der Waals surface area contributed by atoms with Gasteiger partial charge in [0, 0.05) is 21.6 Å². The SMILES string of the molecule is COC(=O)c1cc([N+](=O)[O-])c(F)c(F)c1Cc1ccc(I)cc1F. The number of rotatable bonds is 4. The van der Waals surface area contributed by atoms with Crippen LogP contribution in [-0.4, -0.2) is 18.0 Å². The monoisotopic (exact) mass is 451 g/mol. The van der Waals surface area contributed by atoms with Crippen LogP contribution in [0.15, 0.2) is 24.3 Å². The molecule has 0 aliphatic rings. The van der Waals surface area contributed by atoms with Crippen molar-refractivity contribution >= 4 is 34.2 Å². The topological polar surface area (TPSA) is 69.4 Å². The predicted molar refractivity (Wildman–Crippen MR) is 86.3 cm³/mol. The molecule has 0 bridgehead atoms. The van der Waals surface area contributed by atoms with Gasteiger partial charge in [0.2, 0.25) is 5.82 Å². The smallest absolute Gasteiger partial charge is 0.338 e. The average Bonchev–Trinajstić information content (AvgIpc) is 2.53. The van der Waals surface area contributed by atoms with Crippen LogP contribution in [0.1, 0.15) is 21.5 Å². The van der Waals surface area contributed by atoms with E-state index in [1.807, 2.05) is 22.6 Å². The number of carbonyl (C=O) groups excluding carboxylic acids is 1. The first-order valence-corrected chi connectivity index (χ1v) is 7.51. The molecular weight excluding hydrogens is 442 g/mol. The van der Waals surface area contributed by atoms with Crippen LogP contribution >= 0.6 is 22.6 Å². The third-order valence-electron chi connectivity index (χ3n) is 3.27. The Morgan fingerprint density at radius 2 is 1.92 bits per heavy atom. The van der Waals surface area contributed by atoms with Crippen LogP contribution in [0.25, 0.3) is 0 Å². The molecule has 0 unspecified atom stereocenters. The molecule has 2 aromatic carbocycles. The Labute approximate surface area is 147 Å². The van der Waals surface area contributed by atoms with Gasteiger partial charge < -0.3 is 4.74 Å². The summed E-state index contributed by atoms with van der Waals surface area (Å²) in [5.41, 5.74) is -2.22. The van der Waals surface area contributed by atoms with Crippen LogP contribution in [-0.2, 0) is 11.2 Å². The summed E-state index contributed by atoms with van der Waals surface area (Å²) < 4.78 is 47.1. The molecule has 2 rings (SSSR count). The first kappa shape index (κ1) is 18.2. The molecule has 0 aliphatic carbocycles. The number of esters is 1. The van der Waals surface area contributed by atoms with E-state index in [9.17, 15) is 28.1 Å². The molecule has 24 heavy (non-hydrogen) atoms. The predicted octanol–water partition coefficient (Wildman–Crippen LogP) is 3.99. The van der Waals surface area contributed by atoms with Gasteiger partial charge in [0.15, 0.2) is 5.82 Å². The molecule has 0 spiro atoms. The average molecular weight is 451 g/mol. The third-order valence-corrected chi connectivity index (χ3v) is 3.94. The van der Waals surface area contributed by atoms with Crippen molar-refractivity contribution in [3.05, 3.63) is 72.1 Å². The van der Waals surface area contributed by atoms with Crippen LogP contribution in [0.5, 0.6) is 0 Å². The lowest BCUT2D eigenvalue weighted by Gasteiger charge is -2.11. The maximum absolute atomic E-state index is 14.3.